The van der Waals surface area contributed by atoms with Gasteiger partial charge in [-0.1, -0.05) is 17.7 Å². The van der Waals surface area contributed by atoms with Crippen molar-refractivity contribution in [2.45, 2.75) is 18.2 Å². The van der Waals surface area contributed by atoms with Crippen molar-refractivity contribution >= 4 is 35.8 Å². The number of benzene rings is 3. The first-order valence-electron chi connectivity index (χ1n) is 9.14. The van der Waals surface area contributed by atoms with Crippen LogP contribution in [0.1, 0.15) is 16.7 Å². The van der Waals surface area contributed by atoms with E-state index in [0.717, 1.165) is 5.56 Å². The van der Waals surface area contributed by atoms with Gasteiger partial charge in [0.1, 0.15) is 5.75 Å². The van der Waals surface area contributed by atoms with Gasteiger partial charge in [-0.05, 0) is 55.0 Å². The predicted octanol–water partition coefficient (Wildman–Crippen LogP) is 5.93. The van der Waals surface area contributed by atoms with Crippen molar-refractivity contribution in [3.8, 4) is 23.3 Å². The highest BCUT2D eigenvalue weighted by atomic mass is 35.5. The molecule has 3 rings (SSSR count). The first-order valence-corrected chi connectivity index (χ1v) is 9.96. The lowest BCUT2D eigenvalue weighted by atomic mass is 10.1. The quantitative estimate of drug-likeness (QED) is 0.451. The molecule has 0 unspecified atom stereocenters. The maximum atomic E-state index is 15.2. The number of nitriles is 1. The van der Waals surface area contributed by atoms with Crippen molar-refractivity contribution in [2.75, 3.05) is 12.4 Å². The number of thiol groups is 1. The molecule has 0 fully saturated rings. The van der Waals surface area contributed by atoms with Crippen molar-refractivity contribution in [3.05, 3.63) is 76.1 Å². The molecular weight excluding hydrogens is 439 g/mol. The number of nitrogens with zero attached hydrogens (tertiary/aromatic N) is 1. The number of hydrogen-bond donors (Lipinski definition) is 2. The number of ether oxygens (including phenoxy) is 2. The lowest BCUT2D eigenvalue weighted by molar-refractivity contribution is -0.115. The van der Waals surface area contributed by atoms with E-state index in [1.165, 1.54) is 25.3 Å². The monoisotopic (exact) mass is 456 g/mol. The number of aryl methyl sites for hydroxylation is 1. The third-order valence-corrected chi connectivity index (χ3v) is 4.93. The highest BCUT2D eigenvalue weighted by Gasteiger charge is 2.19. The van der Waals surface area contributed by atoms with Crippen LogP contribution in [0.2, 0.25) is 5.02 Å². The molecule has 0 bridgehead atoms. The molecule has 1 N–H and O–H groups in total. The second kappa shape index (κ2) is 9.73. The first kappa shape index (κ1) is 22.5. The van der Waals surface area contributed by atoms with E-state index in [1.54, 1.807) is 37.3 Å². The molecule has 0 spiro atoms. The van der Waals surface area contributed by atoms with E-state index in [9.17, 15) is 4.79 Å². The van der Waals surface area contributed by atoms with Gasteiger partial charge in [0.05, 0.1) is 35.9 Å². The fourth-order valence-electron chi connectivity index (χ4n) is 2.93. The third kappa shape index (κ3) is 5.48. The van der Waals surface area contributed by atoms with Gasteiger partial charge in [-0.3, -0.25) is 4.79 Å². The van der Waals surface area contributed by atoms with Crippen LogP contribution in [-0.2, 0) is 11.2 Å². The van der Waals surface area contributed by atoms with Gasteiger partial charge in [0, 0.05) is 10.5 Å². The Labute approximate surface area is 189 Å². The van der Waals surface area contributed by atoms with Crippen molar-refractivity contribution in [3.63, 3.8) is 0 Å². The molecule has 0 heterocycles. The maximum Gasteiger partial charge on any atom is 0.228 e. The smallest absolute Gasteiger partial charge is 0.228 e. The lowest BCUT2D eigenvalue weighted by Gasteiger charge is -2.15. The van der Waals surface area contributed by atoms with Crippen LogP contribution in [0.15, 0.2) is 53.4 Å². The molecule has 158 valence electrons. The number of methoxy groups -OCH3 is 1. The van der Waals surface area contributed by atoms with Crippen LogP contribution in [0.4, 0.5) is 10.1 Å². The average molecular weight is 457 g/mol. The Balaban J connectivity index is 1.86. The number of carbonyl (C=O) groups is 1. The lowest BCUT2D eigenvalue weighted by Crippen LogP contribution is -2.15. The van der Waals surface area contributed by atoms with Gasteiger partial charge in [0.2, 0.25) is 11.7 Å². The van der Waals surface area contributed by atoms with Gasteiger partial charge in [-0.25, -0.2) is 4.39 Å². The van der Waals surface area contributed by atoms with Crippen molar-refractivity contribution in [1.29, 1.82) is 5.26 Å². The number of amides is 1. The van der Waals surface area contributed by atoms with Crippen molar-refractivity contribution < 1.29 is 18.7 Å². The molecule has 31 heavy (non-hydrogen) atoms. The van der Waals surface area contributed by atoms with Gasteiger partial charge >= 0.3 is 0 Å². The summed E-state index contributed by atoms with van der Waals surface area (Å²) in [5.74, 6) is -0.903. The molecule has 0 saturated carbocycles. The van der Waals surface area contributed by atoms with E-state index in [0.29, 0.717) is 21.2 Å². The standard InChI is InChI=1S/C23H18ClFN2O3S/c1-13-7-14(12-26)9-16(8-13)30-23-20(29-2)6-3-15(22(23)25)10-21(28)27-19-5-4-17(31)11-18(19)24/h3-9,11,31H,10H2,1-2H3,(H,27,28). The SMILES string of the molecule is COc1ccc(CC(=O)Nc2ccc(S)cc2Cl)c(F)c1Oc1cc(C)cc(C#N)c1. The zero-order chi connectivity index (χ0) is 22.5. The largest absolute Gasteiger partial charge is 0.493 e. The highest BCUT2D eigenvalue weighted by molar-refractivity contribution is 7.80. The topological polar surface area (TPSA) is 71.3 Å². The van der Waals surface area contributed by atoms with Gasteiger partial charge in [0.25, 0.3) is 0 Å². The molecule has 0 atom stereocenters. The summed E-state index contributed by atoms with van der Waals surface area (Å²) < 4.78 is 26.2. The molecule has 3 aromatic rings. The minimum absolute atomic E-state index is 0.114. The predicted molar refractivity (Wildman–Crippen MR) is 120 cm³/mol. The zero-order valence-electron chi connectivity index (χ0n) is 16.7. The Hall–Kier alpha value is -3.21. The summed E-state index contributed by atoms with van der Waals surface area (Å²) in [6, 6.07) is 14.8. The summed E-state index contributed by atoms with van der Waals surface area (Å²) in [6.45, 7) is 1.80. The molecule has 5 nitrogen and oxygen atoms in total. The van der Waals surface area contributed by atoms with Gasteiger partial charge in [-0.15, -0.1) is 12.6 Å². The Morgan fingerprint density at radius 3 is 2.68 bits per heavy atom. The summed E-state index contributed by atoms with van der Waals surface area (Å²) in [7, 11) is 1.39. The Morgan fingerprint density at radius 2 is 2.00 bits per heavy atom. The van der Waals surface area contributed by atoms with Gasteiger partial charge in [-0.2, -0.15) is 5.26 Å². The van der Waals surface area contributed by atoms with E-state index >= 15 is 4.39 Å². The van der Waals surface area contributed by atoms with Crippen LogP contribution in [0, 0.1) is 24.1 Å². The second-order valence-electron chi connectivity index (χ2n) is 6.71. The molecule has 1 amide bonds. The highest BCUT2D eigenvalue weighted by Crippen LogP contribution is 2.37. The van der Waals surface area contributed by atoms with Crippen LogP contribution < -0.4 is 14.8 Å². The van der Waals surface area contributed by atoms with E-state index in [-0.39, 0.29) is 29.2 Å². The maximum absolute atomic E-state index is 15.2. The summed E-state index contributed by atoms with van der Waals surface area (Å²) in [6.07, 6.45) is -0.248. The molecule has 8 heteroatoms. The molecule has 0 aliphatic carbocycles. The number of halogens is 2. The van der Waals surface area contributed by atoms with Crippen LogP contribution in [0.25, 0.3) is 0 Å². The van der Waals surface area contributed by atoms with E-state index < -0.39 is 11.7 Å². The molecule has 0 aliphatic heterocycles. The van der Waals surface area contributed by atoms with E-state index in [2.05, 4.69) is 17.9 Å². The van der Waals surface area contributed by atoms with Crippen LogP contribution in [0.3, 0.4) is 0 Å². The zero-order valence-corrected chi connectivity index (χ0v) is 18.4. The summed E-state index contributed by atoms with van der Waals surface area (Å²) in [5.41, 5.74) is 1.68. The van der Waals surface area contributed by atoms with Gasteiger partial charge in [0.15, 0.2) is 11.6 Å². The summed E-state index contributed by atoms with van der Waals surface area (Å²) >= 11 is 10.3. The fraction of sp³-hybridized carbons (Fsp3) is 0.130. The number of hydrogen-bond acceptors (Lipinski definition) is 5. The van der Waals surface area contributed by atoms with Crippen LogP contribution in [-0.4, -0.2) is 13.0 Å². The van der Waals surface area contributed by atoms with E-state index in [4.69, 9.17) is 26.3 Å². The van der Waals surface area contributed by atoms with Gasteiger partial charge < -0.3 is 14.8 Å². The van der Waals surface area contributed by atoms with Crippen molar-refractivity contribution in [2.24, 2.45) is 0 Å². The van der Waals surface area contributed by atoms with E-state index in [1.807, 2.05) is 6.07 Å². The number of nitrogens with one attached hydrogen (secondary N) is 1. The minimum atomic E-state index is -0.730. The normalized spacial score (nSPS) is 10.3. The van der Waals surface area contributed by atoms with Crippen LogP contribution >= 0.6 is 24.2 Å². The fourth-order valence-corrected chi connectivity index (χ4v) is 3.44. The first-order chi connectivity index (χ1) is 14.8. The molecule has 0 saturated heterocycles. The summed E-state index contributed by atoms with van der Waals surface area (Å²) in [5, 5.41) is 12.1. The Bertz CT molecular complexity index is 1190. The third-order valence-electron chi connectivity index (χ3n) is 4.34. The number of rotatable bonds is 6. The Morgan fingerprint density at radius 1 is 1.23 bits per heavy atom. The van der Waals surface area contributed by atoms with Crippen LogP contribution in [0.5, 0.6) is 17.2 Å². The molecule has 0 radical (unpaired) electrons. The second-order valence-corrected chi connectivity index (χ2v) is 7.63. The molecule has 0 aliphatic rings. The molecule has 0 aromatic heterocycles. The molecule has 3 aromatic carbocycles. The average Bonchev–Trinajstić information content (AvgIpc) is 2.72. The molecular formula is C23H18ClFN2O3S. The summed E-state index contributed by atoms with van der Waals surface area (Å²) in [4.78, 5) is 13.1. The minimum Gasteiger partial charge on any atom is -0.493 e. The number of anilines is 1. The number of carbonyl (C=O) groups excluding carboxylic acids is 1. The Kier molecular flexibility index (Phi) is 7.06. The van der Waals surface area contributed by atoms with Crippen molar-refractivity contribution in [1.82, 2.24) is 0 Å².